The van der Waals surface area contributed by atoms with E-state index in [4.69, 9.17) is 0 Å². The molecule has 2 rings (SSSR count). The van der Waals surface area contributed by atoms with Crippen molar-refractivity contribution in [3.63, 3.8) is 0 Å². The van der Waals surface area contributed by atoms with Gasteiger partial charge in [0.2, 0.25) is 0 Å². The molecule has 2 aromatic carbocycles. The molecule has 7 heteroatoms. The maximum absolute atomic E-state index is 12.7. The van der Waals surface area contributed by atoms with Gasteiger partial charge < -0.3 is 10.4 Å². The second-order valence-electron chi connectivity index (χ2n) is 4.35. The standard InChI is InChI=1S/C14H10Br2F3NO/c15-10-1-2-13(21)8(3-10)7-20-12-5-9(14(17,18)19)4-11(16)6-12/h1-6,20-21H,7H2. The van der Waals surface area contributed by atoms with Gasteiger partial charge in [-0.05, 0) is 36.4 Å². The number of alkyl halides is 3. The smallest absolute Gasteiger partial charge is 0.416 e. The number of hydrogen-bond donors (Lipinski definition) is 2. The monoisotopic (exact) mass is 423 g/mol. The van der Waals surface area contributed by atoms with E-state index >= 15 is 0 Å². The fraction of sp³-hybridized carbons (Fsp3) is 0.143. The number of phenolic OH excluding ortho intramolecular Hbond substituents is 1. The van der Waals surface area contributed by atoms with E-state index in [-0.39, 0.29) is 12.3 Å². The van der Waals surface area contributed by atoms with Crippen molar-refractivity contribution in [2.75, 3.05) is 5.32 Å². The summed E-state index contributed by atoms with van der Waals surface area (Å²) in [4.78, 5) is 0. The summed E-state index contributed by atoms with van der Waals surface area (Å²) in [6.45, 7) is 0.207. The summed E-state index contributed by atoms with van der Waals surface area (Å²) in [5.41, 5.74) is 0.159. The summed E-state index contributed by atoms with van der Waals surface area (Å²) >= 11 is 6.34. The Morgan fingerprint density at radius 3 is 2.38 bits per heavy atom. The zero-order chi connectivity index (χ0) is 15.6. The molecule has 0 spiro atoms. The van der Waals surface area contributed by atoms with E-state index in [0.717, 1.165) is 16.6 Å². The largest absolute Gasteiger partial charge is 0.508 e. The minimum absolute atomic E-state index is 0.0803. The number of aromatic hydroxyl groups is 1. The first-order chi connectivity index (χ1) is 9.75. The van der Waals surface area contributed by atoms with E-state index in [1.54, 1.807) is 18.2 Å². The molecule has 0 aliphatic carbocycles. The van der Waals surface area contributed by atoms with Gasteiger partial charge in [0.1, 0.15) is 5.75 Å². The maximum Gasteiger partial charge on any atom is 0.416 e. The normalized spacial score (nSPS) is 11.5. The molecule has 2 nitrogen and oxygen atoms in total. The van der Waals surface area contributed by atoms with E-state index in [1.807, 2.05) is 0 Å². The van der Waals surface area contributed by atoms with E-state index < -0.39 is 11.7 Å². The van der Waals surface area contributed by atoms with Crippen molar-refractivity contribution in [2.24, 2.45) is 0 Å². The van der Waals surface area contributed by atoms with Gasteiger partial charge in [-0.25, -0.2) is 0 Å². The van der Waals surface area contributed by atoms with Crippen LogP contribution in [0.15, 0.2) is 45.3 Å². The molecule has 0 unspecified atom stereocenters. The lowest BCUT2D eigenvalue weighted by atomic mass is 10.1. The fourth-order valence-corrected chi connectivity index (χ4v) is 2.65. The van der Waals surface area contributed by atoms with Crippen molar-refractivity contribution in [3.05, 3.63) is 56.5 Å². The third-order valence-corrected chi connectivity index (χ3v) is 3.70. The molecule has 21 heavy (non-hydrogen) atoms. The minimum Gasteiger partial charge on any atom is -0.508 e. The van der Waals surface area contributed by atoms with E-state index in [1.165, 1.54) is 6.07 Å². The van der Waals surface area contributed by atoms with Gasteiger partial charge in [0.25, 0.3) is 0 Å². The number of hydrogen-bond acceptors (Lipinski definition) is 2. The molecular formula is C14H10Br2F3NO. The molecule has 0 aromatic heterocycles. The first kappa shape index (κ1) is 16.2. The third-order valence-electron chi connectivity index (χ3n) is 2.75. The highest BCUT2D eigenvalue weighted by Gasteiger charge is 2.31. The minimum atomic E-state index is -4.40. The lowest BCUT2D eigenvalue weighted by molar-refractivity contribution is -0.137. The maximum atomic E-state index is 12.7. The van der Waals surface area contributed by atoms with E-state index in [0.29, 0.717) is 15.7 Å². The molecule has 0 saturated heterocycles. The summed E-state index contributed by atoms with van der Waals surface area (Å²) in [6.07, 6.45) is -4.40. The molecule has 0 atom stereocenters. The average Bonchev–Trinajstić information content (AvgIpc) is 2.38. The van der Waals surface area contributed by atoms with Crippen LogP contribution >= 0.6 is 31.9 Å². The quantitative estimate of drug-likeness (QED) is 0.677. The summed E-state index contributed by atoms with van der Waals surface area (Å²) in [5, 5.41) is 12.6. The highest BCUT2D eigenvalue weighted by atomic mass is 79.9. The van der Waals surface area contributed by atoms with Gasteiger partial charge in [-0.15, -0.1) is 0 Å². The number of anilines is 1. The predicted octanol–water partition coefficient (Wildman–Crippen LogP) is 5.55. The lowest BCUT2D eigenvalue weighted by Gasteiger charge is -2.12. The van der Waals surface area contributed by atoms with Crippen molar-refractivity contribution in [1.82, 2.24) is 0 Å². The number of halogens is 5. The van der Waals surface area contributed by atoms with Gasteiger partial charge in [0.05, 0.1) is 5.56 Å². The molecule has 0 fully saturated rings. The average molecular weight is 425 g/mol. The SMILES string of the molecule is Oc1ccc(Br)cc1CNc1cc(Br)cc(C(F)(F)F)c1. The molecule has 2 aromatic rings. The fourth-order valence-electron chi connectivity index (χ4n) is 1.75. The molecule has 0 aliphatic rings. The first-order valence-corrected chi connectivity index (χ1v) is 7.43. The van der Waals surface area contributed by atoms with Crippen LogP contribution < -0.4 is 5.32 Å². The Morgan fingerprint density at radius 1 is 1.00 bits per heavy atom. The number of benzene rings is 2. The van der Waals surface area contributed by atoms with Gasteiger partial charge in [-0.1, -0.05) is 31.9 Å². The van der Waals surface area contributed by atoms with Crippen LogP contribution in [0.4, 0.5) is 18.9 Å². The van der Waals surface area contributed by atoms with Crippen LogP contribution in [0, 0.1) is 0 Å². The molecule has 0 saturated carbocycles. The van der Waals surface area contributed by atoms with Crippen LogP contribution in [0.2, 0.25) is 0 Å². The summed E-state index contributed by atoms with van der Waals surface area (Å²) in [5.74, 6) is 0.0803. The second-order valence-corrected chi connectivity index (χ2v) is 6.18. The van der Waals surface area contributed by atoms with Gasteiger partial charge >= 0.3 is 6.18 Å². The van der Waals surface area contributed by atoms with Gasteiger partial charge in [-0.3, -0.25) is 0 Å². The van der Waals surface area contributed by atoms with Gasteiger partial charge in [0, 0.05) is 26.7 Å². The van der Waals surface area contributed by atoms with Gasteiger partial charge in [0.15, 0.2) is 0 Å². The Balaban J connectivity index is 2.20. The van der Waals surface area contributed by atoms with Crippen molar-refractivity contribution in [3.8, 4) is 5.75 Å². The molecule has 0 heterocycles. The van der Waals surface area contributed by atoms with Crippen LogP contribution in [0.25, 0.3) is 0 Å². The number of rotatable bonds is 3. The van der Waals surface area contributed by atoms with Crippen LogP contribution in [-0.4, -0.2) is 5.11 Å². The molecule has 2 N–H and O–H groups in total. The van der Waals surface area contributed by atoms with Crippen molar-refractivity contribution >= 4 is 37.5 Å². The van der Waals surface area contributed by atoms with Crippen LogP contribution in [0.3, 0.4) is 0 Å². The lowest BCUT2D eigenvalue weighted by Crippen LogP contribution is -2.07. The Bertz CT molecular complexity index is 659. The number of phenols is 1. The molecule has 0 amide bonds. The van der Waals surface area contributed by atoms with Crippen LogP contribution in [-0.2, 0) is 12.7 Å². The van der Waals surface area contributed by atoms with E-state index in [2.05, 4.69) is 37.2 Å². The molecular weight excluding hydrogens is 415 g/mol. The first-order valence-electron chi connectivity index (χ1n) is 5.85. The van der Waals surface area contributed by atoms with Crippen LogP contribution in [0.5, 0.6) is 5.75 Å². The molecule has 0 radical (unpaired) electrons. The Hall–Kier alpha value is -1.21. The predicted molar refractivity (Wildman–Crippen MR) is 82.3 cm³/mol. The summed E-state index contributed by atoms with van der Waals surface area (Å²) in [7, 11) is 0. The molecule has 0 aliphatic heterocycles. The van der Waals surface area contributed by atoms with Gasteiger partial charge in [-0.2, -0.15) is 13.2 Å². The summed E-state index contributed by atoms with van der Waals surface area (Å²) in [6, 6.07) is 8.49. The van der Waals surface area contributed by atoms with Crippen molar-refractivity contribution in [2.45, 2.75) is 12.7 Å². The molecule has 112 valence electrons. The highest BCUT2D eigenvalue weighted by Crippen LogP contribution is 2.33. The van der Waals surface area contributed by atoms with E-state index in [9.17, 15) is 18.3 Å². The topological polar surface area (TPSA) is 32.3 Å². The zero-order valence-electron chi connectivity index (χ0n) is 10.5. The van der Waals surface area contributed by atoms with Crippen LogP contribution in [0.1, 0.15) is 11.1 Å². The Morgan fingerprint density at radius 2 is 1.71 bits per heavy atom. The second kappa shape index (κ2) is 6.27. The summed E-state index contributed by atoms with van der Waals surface area (Å²) < 4.78 is 39.3. The Kier molecular flexibility index (Phi) is 4.83. The number of nitrogens with one attached hydrogen (secondary N) is 1. The highest BCUT2D eigenvalue weighted by molar-refractivity contribution is 9.10. The van der Waals surface area contributed by atoms with Crippen molar-refractivity contribution < 1.29 is 18.3 Å². The third kappa shape index (κ3) is 4.38. The van der Waals surface area contributed by atoms with Crippen molar-refractivity contribution in [1.29, 1.82) is 0 Å². The molecule has 0 bridgehead atoms. The Labute approximate surface area is 136 Å². The zero-order valence-corrected chi connectivity index (χ0v) is 13.7.